The topological polar surface area (TPSA) is 87.8 Å². The maximum atomic E-state index is 12.7. The van der Waals surface area contributed by atoms with Gasteiger partial charge in [0.25, 0.3) is 0 Å². The zero-order valence-corrected chi connectivity index (χ0v) is 16.5. The number of hydrogen-bond donors (Lipinski definition) is 3. The number of halogens is 3. The van der Waals surface area contributed by atoms with E-state index in [1.165, 1.54) is 18.5 Å². The van der Waals surface area contributed by atoms with E-state index in [0.717, 1.165) is 29.9 Å². The Morgan fingerprint density at radius 2 is 1.74 bits per heavy atom. The highest BCUT2D eigenvalue weighted by Crippen LogP contribution is 2.30. The van der Waals surface area contributed by atoms with Crippen LogP contribution in [0.2, 0.25) is 0 Å². The van der Waals surface area contributed by atoms with Gasteiger partial charge in [-0.2, -0.15) is 23.1 Å². The van der Waals surface area contributed by atoms with Gasteiger partial charge in [0.15, 0.2) is 11.5 Å². The Bertz CT molecular complexity index is 1160. The Balaban J connectivity index is 1.48. The Morgan fingerprint density at radius 3 is 2.42 bits per heavy atom. The first-order valence-corrected chi connectivity index (χ1v) is 9.44. The SMILES string of the molecule is COc1ccc(CCNc2nc(Nc3ccc(C(F)(F)F)cc3)nc3nc[nH]c23)cc1. The minimum atomic E-state index is -4.38. The number of benzene rings is 2. The molecule has 10 heteroatoms. The molecule has 4 rings (SSSR count). The molecule has 0 aliphatic heterocycles. The molecule has 31 heavy (non-hydrogen) atoms. The molecule has 0 spiro atoms. The number of nitrogens with one attached hydrogen (secondary N) is 3. The van der Waals surface area contributed by atoms with Crippen molar-refractivity contribution in [1.82, 2.24) is 19.9 Å². The van der Waals surface area contributed by atoms with Gasteiger partial charge in [-0.15, -0.1) is 0 Å². The Morgan fingerprint density at radius 1 is 1.00 bits per heavy atom. The van der Waals surface area contributed by atoms with Crippen LogP contribution in [0.15, 0.2) is 54.9 Å². The molecule has 7 nitrogen and oxygen atoms in total. The Hall–Kier alpha value is -3.82. The van der Waals surface area contributed by atoms with Crippen LogP contribution in [0, 0.1) is 0 Å². The molecule has 2 aromatic heterocycles. The standard InChI is InChI=1S/C21H19F3N6O/c1-31-16-8-2-13(3-9-16)10-11-25-18-17-19(27-12-26-17)30-20(29-18)28-15-6-4-14(5-7-15)21(22,23)24/h2-9,12H,10-11H2,1H3,(H3,25,26,27,28,29,30). The third kappa shape index (κ3) is 4.85. The first-order chi connectivity index (χ1) is 14.9. The number of nitrogens with zero attached hydrogens (tertiary/aromatic N) is 3. The number of methoxy groups -OCH3 is 1. The monoisotopic (exact) mass is 428 g/mol. The first-order valence-electron chi connectivity index (χ1n) is 9.44. The largest absolute Gasteiger partial charge is 0.497 e. The zero-order chi connectivity index (χ0) is 21.8. The van der Waals surface area contributed by atoms with E-state index in [1.54, 1.807) is 7.11 Å². The summed E-state index contributed by atoms with van der Waals surface area (Å²) in [6.07, 6.45) is -2.12. The second-order valence-electron chi connectivity index (χ2n) is 6.72. The summed E-state index contributed by atoms with van der Waals surface area (Å²) < 4.78 is 43.4. The number of fused-ring (bicyclic) bond motifs is 1. The zero-order valence-electron chi connectivity index (χ0n) is 16.5. The molecule has 4 aromatic rings. The second-order valence-corrected chi connectivity index (χ2v) is 6.72. The van der Waals surface area contributed by atoms with Crippen LogP contribution in [0.1, 0.15) is 11.1 Å². The van der Waals surface area contributed by atoms with Gasteiger partial charge in [-0.1, -0.05) is 12.1 Å². The summed E-state index contributed by atoms with van der Waals surface area (Å²) in [5.41, 5.74) is 1.94. The highest BCUT2D eigenvalue weighted by atomic mass is 19.4. The minimum Gasteiger partial charge on any atom is -0.497 e. The summed E-state index contributed by atoms with van der Waals surface area (Å²) in [6, 6.07) is 12.5. The van der Waals surface area contributed by atoms with Crippen LogP contribution < -0.4 is 15.4 Å². The molecular weight excluding hydrogens is 409 g/mol. The lowest BCUT2D eigenvalue weighted by Gasteiger charge is -2.11. The van der Waals surface area contributed by atoms with Crippen molar-refractivity contribution in [3.05, 3.63) is 66.0 Å². The molecule has 0 aliphatic carbocycles. The van der Waals surface area contributed by atoms with E-state index in [9.17, 15) is 13.2 Å². The normalized spacial score (nSPS) is 11.5. The predicted molar refractivity (Wildman–Crippen MR) is 112 cm³/mol. The summed E-state index contributed by atoms with van der Waals surface area (Å²) in [7, 11) is 1.62. The Labute approximate surface area is 175 Å². The van der Waals surface area contributed by atoms with Gasteiger partial charge in [0.1, 0.15) is 11.3 Å². The summed E-state index contributed by atoms with van der Waals surface area (Å²) in [5, 5.41) is 6.19. The molecule has 0 saturated heterocycles. The Kier molecular flexibility index (Phi) is 5.61. The summed E-state index contributed by atoms with van der Waals surface area (Å²) in [4.78, 5) is 15.9. The fourth-order valence-electron chi connectivity index (χ4n) is 3.01. The van der Waals surface area contributed by atoms with Crippen molar-refractivity contribution in [3.8, 4) is 5.75 Å². The summed E-state index contributed by atoms with van der Waals surface area (Å²) >= 11 is 0. The maximum Gasteiger partial charge on any atom is 0.416 e. The molecule has 0 fully saturated rings. The fraction of sp³-hybridized carbons (Fsp3) is 0.190. The van der Waals surface area contributed by atoms with Crippen molar-refractivity contribution in [2.75, 3.05) is 24.3 Å². The third-order valence-corrected chi connectivity index (χ3v) is 4.62. The molecule has 2 heterocycles. The molecule has 3 N–H and O–H groups in total. The summed E-state index contributed by atoms with van der Waals surface area (Å²) in [6.45, 7) is 0.608. The number of hydrogen-bond acceptors (Lipinski definition) is 6. The van der Waals surface area contributed by atoms with Crippen molar-refractivity contribution in [1.29, 1.82) is 0 Å². The highest BCUT2D eigenvalue weighted by Gasteiger charge is 2.29. The van der Waals surface area contributed by atoms with Crippen molar-refractivity contribution >= 4 is 28.6 Å². The van der Waals surface area contributed by atoms with Crippen LogP contribution in [0.5, 0.6) is 5.75 Å². The van der Waals surface area contributed by atoms with Gasteiger partial charge in [-0.05, 0) is 48.4 Å². The van der Waals surface area contributed by atoms with Gasteiger partial charge in [-0.3, -0.25) is 0 Å². The van der Waals surface area contributed by atoms with E-state index < -0.39 is 11.7 Å². The number of aromatic amines is 1. The molecule has 0 bridgehead atoms. The molecule has 0 radical (unpaired) electrons. The molecular formula is C21H19F3N6O. The van der Waals surface area contributed by atoms with Crippen molar-refractivity contribution < 1.29 is 17.9 Å². The van der Waals surface area contributed by atoms with E-state index in [4.69, 9.17) is 4.74 Å². The van der Waals surface area contributed by atoms with Crippen LogP contribution in [0.3, 0.4) is 0 Å². The molecule has 0 atom stereocenters. The van der Waals surface area contributed by atoms with Crippen molar-refractivity contribution in [2.45, 2.75) is 12.6 Å². The van der Waals surface area contributed by atoms with E-state index in [2.05, 4.69) is 30.6 Å². The van der Waals surface area contributed by atoms with Crippen molar-refractivity contribution in [2.24, 2.45) is 0 Å². The van der Waals surface area contributed by atoms with Crippen LogP contribution >= 0.6 is 0 Å². The van der Waals surface area contributed by atoms with E-state index in [1.807, 2.05) is 24.3 Å². The molecule has 2 aromatic carbocycles. The maximum absolute atomic E-state index is 12.7. The lowest BCUT2D eigenvalue weighted by Crippen LogP contribution is -2.09. The molecule has 0 amide bonds. The van der Waals surface area contributed by atoms with Crippen LogP contribution in [0.4, 0.5) is 30.6 Å². The number of rotatable bonds is 7. The van der Waals surface area contributed by atoms with Crippen molar-refractivity contribution in [3.63, 3.8) is 0 Å². The number of alkyl halides is 3. The third-order valence-electron chi connectivity index (χ3n) is 4.62. The lowest BCUT2D eigenvalue weighted by molar-refractivity contribution is -0.137. The number of aromatic nitrogens is 4. The molecule has 160 valence electrons. The molecule has 0 saturated carbocycles. The number of ether oxygens (including phenoxy) is 1. The predicted octanol–water partition coefficient (Wildman–Crippen LogP) is 4.78. The molecule has 0 unspecified atom stereocenters. The van der Waals surface area contributed by atoms with E-state index in [0.29, 0.717) is 29.2 Å². The minimum absolute atomic E-state index is 0.228. The smallest absolute Gasteiger partial charge is 0.416 e. The van der Waals surface area contributed by atoms with Gasteiger partial charge < -0.3 is 20.4 Å². The quantitative estimate of drug-likeness (QED) is 0.393. The van der Waals surface area contributed by atoms with Gasteiger partial charge in [0.2, 0.25) is 5.95 Å². The first kappa shape index (κ1) is 20.5. The fourth-order valence-corrected chi connectivity index (χ4v) is 3.01. The van der Waals surface area contributed by atoms with Crippen LogP contribution in [-0.2, 0) is 12.6 Å². The number of anilines is 3. The highest BCUT2D eigenvalue weighted by molar-refractivity contribution is 5.84. The van der Waals surface area contributed by atoms with E-state index >= 15 is 0 Å². The average molecular weight is 428 g/mol. The van der Waals surface area contributed by atoms with Gasteiger partial charge in [0.05, 0.1) is 19.0 Å². The van der Waals surface area contributed by atoms with E-state index in [-0.39, 0.29) is 5.95 Å². The van der Waals surface area contributed by atoms with Gasteiger partial charge >= 0.3 is 6.18 Å². The average Bonchev–Trinajstić information content (AvgIpc) is 3.23. The second kappa shape index (κ2) is 8.50. The van der Waals surface area contributed by atoms with Gasteiger partial charge in [0, 0.05) is 12.2 Å². The summed E-state index contributed by atoms with van der Waals surface area (Å²) in [5.74, 6) is 1.57. The number of H-pyrrole nitrogens is 1. The number of imidazole rings is 1. The lowest BCUT2D eigenvalue weighted by atomic mass is 10.1. The van der Waals surface area contributed by atoms with Crippen LogP contribution in [-0.4, -0.2) is 33.6 Å². The molecule has 0 aliphatic rings. The van der Waals surface area contributed by atoms with Crippen LogP contribution in [0.25, 0.3) is 11.2 Å². The van der Waals surface area contributed by atoms with Gasteiger partial charge in [-0.25, -0.2) is 4.98 Å².